The number of piperazine rings is 1. The molecule has 0 radical (unpaired) electrons. The highest BCUT2D eigenvalue weighted by Crippen LogP contribution is 2.38. The molecular formula is C28H28FN5O2S2. The van der Waals surface area contributed by atoms with E-state index in [-0.39, 0.29) is 23.3 Å². The lowest BCUT2D eigenvalue weighted by molar-refractivity contribution is -0.123. The van der Waals surface area contributed by atoms with Gasteiger partial charge in [-0.2, -0.15) is 0 Å². The molecule has 0 unspecified atom stereocenters. The van der Waals surface area contributed by atoms with E-state index >= 15 is 0 Å². The fourth-order valence-electron chi connectivity index (χ4n) is 5.53. The normalized spacial score (nSPS) is 19.9. The molecule has 4 heterocycles. The lowest BCUT2D eigenvalue weighted by Gasteiger charge is -2.37. The minimum Gasteiger partial charge on any atom is -0.368 e. The molecular weight excluding hydrogens is 521 g/mol. The van der Waals surface area contributed by atoms with E-state index in [1.165, 1.54) is 23.9 Å². The number of amides is 1. The lowest BCUT2D eigenvalue weighted by Crippen LogP contribution is -2.47. The van der Waals surface area contributed by atoms with Gasteiger partial charge in [0.05, 0.1) is 10.5 Å². The zero-order valence-electron chi connectivity index (χ0n) is 21.1. The van der Waals surface area contributed by atoms with Crippen LogP contribution < -0.4 is 15.4 Å². The highest BCUT2D eigenvalue weighted by atomic mass is 32.2. The summed E-state index contributed by atoms with van der Waals surface area (Å²) in [6.07, 6.45) is 7.60. The van der Waals surface area contributed by atoms with Gasteiger partial charge in [0.25, 0.3) is 11.5 Å². The van der Waals surface area contributed by atoms with Crippen LogP contribution in [-0.4, -0.2) is 56.7 Å². The summed E-state index contributed by atoms with van der Waals surface area (Å²) in [4.78, 5) is 38.7. The fraction of sp³-hybridized carbons (Fsp3) is 0.357. The van der Waals surface area contributed by atoms with Gasteiger partial charge in [-0.3, -0.25) is 18.9 Å². The second-order valence-electron chi connectivity index (χ2n) is 10.0. The third-order valence-electron chi connectivity index (χ3n) is 7.55. The molecule has 196 valence electrons. The van der Waals surface area contributed by atoms with Gasteiger partial charge in [-0.1, -0.05) is 42.9 Å². The average molecular weight is 550 g/mol. The third-order valence-corrected chi connectivity index (χ3v) is 8.88. The number of aromatic nitrogens is 2. The average Bonchev–Trinajstić information content (AvgIpc) is 3.54. The third kappa shape index (κ3) is 4.60. The van der Waals surface area contributed by atoms with Crippen molar-refractivity contribution in [2.45, 2.75) is 38.6 Å². The van der Waals surface area contributed by atoms with Crippen LogP contribution in [0.1, 0.15) is 36.8 Å². The van der Waals surface area contributed by atoms with Crippen LogP contribution in [-0.2, 0) is 4.79 Å². The summed E-state index contributed by atoms with van der Waals surface area (Å²) in [5.74, 6) is 0.197. The Morgan fingerprint density at radius 2 is 1.68 bits per heavy atom. The maximum absolute atomic E-state index is 13.8. The second-order valence-corrected chi connectivity index (χ2v) is 11.7. The predicted molar refractivity (Wildman–Crippen MR) is 154 cm³/mol. The van der Waals surface area contributed by atoms with Crippen LogP contribution in [0.25, 0.3) is 11.7 Å². The molecule has 0 spiro atoms. The van der Waals surface area contributed by atoms with E-state index in [0.29, 0.717) is 52.4 Å². The SMILES string of the molecule is Cc1ccc2nc(N3CCN(c4ccc(F)cc4)CC3)c(/C=C3/SC(=S)N(C4CCCC4)C3=O)c(=O)n2c1. The number of carbonyl (C=O) groups is 1. The molecule has 6 rings (SSSR count). The topological polar surface area (TPSA) is 61.2 Å². The van der Waals surface area contributed by atoms with Crippen LogP contribution in [0.3, 0.4) is 0 Å². The van der Waals surface area contributed by atoms with Gasteiger partial charge < -0.3 is 9.80 Å². The van der Waals surface area contributed by atoms with Gasteiger partial charge in [-0.15, -0.1) is 0 Å². The number of hydrogen-bond donors (Lipinski definition) is 0. The van der Waals surface area contributed by atoms with Crippen LogP contribution in [0.5, 0.6) is 0 Å². The zero-order chi connectivity index (χ0) is 26.4. The summed E-state index contributed by atoms with van der Waals surface area (Å²) in [6, 6.07) is 10.4. The zero-order valence-corrected chi connectivity index (χ0v) is 22.7. The number of fused-ring (bicyclic) bond motifs is 1. The van der Waals surface area contributed by atoms with Crippen molar-refractivity contribution in [1.29, 1.82) is 0 Å². The Bertz CT molecular complexity index is 1510. The van der Waals surface area contributed by atoms with Crippen molar-refractivity contribution in [2.75, 3.05) is 36.0 Å². The standard InChI is InChI=1S/C28H28FN5O2S2/c1-18-6-11-24-30-25(32-14-12-31(13-15-32)20-9-7-19(29)8-10-20)22(26(35)33(24)17-18)16-23-27(36)34(28(37)38-23)21-4-2-3-5-21/h6-11,16-17,21H,2-5,12-15H2,1H3/b23-16+. The second kappa shape index (κ2) is 10.1. The molecule has 7 nitrogen and oxygen atoms in total. The summed E-state index contributed by atoms with van der Waals surface area (Å²) in [5.41, 5.74) is 2.66. The molecule has 10 heteroatoms. The molecule has 2 saturated heterocycles. The summed E-state index contributed by atoms with van der Waals surface area (Å²) in [5, 5.41) is 0. The highest BCUT2D eigenvalue weighted by molar-refractivity contribution is 8.26. The Morgan fingerprint density at radius 3 is 2.39 bits per heavy atom. The van der Waals surface area contributed by atoms with Crippen molar-refractivity contribution in [3.63, 3.8) is 0 Å². The number of carbonyl (C=O) groups excluding carboxylic acids is 1. The fourth-order valence-corrected chi connectivity index (χ4v) is 6.91. The number of benzene rings is 1. The van der Waals surface area contributed by atoms with E-state index in [0.717, 1.165) is 36.9 Å². The van der Waals surface area contributed by atoms with Crippen LogP contribution in [0, 0.1) is 12.7 Å². The molecule has 1 amide bonds. The quantitative estimate of drug-likeness (QED) is 0.348. The number of thiocarbonyl (C=S) groups is 1. The van der Waals surface area contributed by atoms with Gasteiger partial charge in [0, 0.05) is 44.1 Å². The van der Waals surface area contributed by atoms with Crippen molar-refractivity contribution in [3.05, 3.63) is 74.8 Å². The number of halogens is 1. The monoisotopic (exact) mass is 549 g/mol. The highest BCUT2D eigenvalue weighted by Gasteiger charge is 2.38. The number of aryl methyl sites for hydroxylation is 1. The van der Waals surface area contributed by atoms with Gasteiger partial charge in [0.2, 0.25) is 0 Å². The number of anilines is 2. The number of hydrogen-bond acceptors (Lipinski definition) is 7. The number of thioether (sulfide) groups is 1. The Labute approximate surface area is 229 Å². The molecule has 0 atom stereocenters. The van der Waals surface area contributed by atoms with Gasteiger partial charge in [0.1, 0.15) is 21.6 Å². The molecule has 3 aliphatic rings. The lowest BCUT2D eigenvalue weighted by atomic mass is 10.2. The van der Waals surface area contributed by atoms with E-state index in [1.807, 2.05) is 19.1 Å². The number of rotatable bonds is 4. The first kappa shape index (κ1) is 25.1. The molecule has 1 saturated carbocycles. The predicted octanol–water partition coefficient (Wildman–Crippen LogP) is 4.61. The Kier molecular flexibility index (Phi) is 6.69. The van der Waals surface area contributed by atoms with Crippen molar-refractivity contribution < 1.29 is 9.18 Å². The van der Waals surface area contributed by atoms with Crippen LogP contribution in [0.15, 0.2) is 52.3 Å². The molecule has 0 N–H and O–H groups in total. The summed E-state index contributed by atoms with van der Waals surface area (Å²) in [7, 11) is 0. The first-order valence-electron chi connectivity index (χ1n) is 12.9. The molecule has 2 aromatic heterocycles. The van der Waals surface area contributed by atoms with Crippen molar-refractivity contribution in [3.8, 4) is 0 Å². The summed E-state index contributed by atoms with van der Waals surface area (Å²) in [6.45, 7) is 4.60. The molecule has 1 aliphatic carbocycles. The minimum atomic E-state index is -0.258. The Hall–Kier alpha value is -3.24. The summed E-state index contributed by atoms with van der Waals surface area (Å²) >= 11 is 6.86. The van der Waals surface area contributed by atoms with E-state index in [2.05, 4.69) is 9.80 Å². The van der Waals surface area contributed by atoms with Gasteiger partial charge in [0.15, 0.2) is 0 Å². The van der Waals surface area contributed by atoms with Gasteiger partial charge in [-0.05, 0) is 61.7 Å². The van der Waals surface area contributed by atoms with E-state index in [1.54, 1.807) is 33.7 Å². The van der Waals surface area contributed by atoms with Crippen molar-refractivity contribution in [2.24, 2.45) is 0 Å². The van der Waals surface area contributed by atoms with Crippen molar-refractivity contribution >= 4 is 57.4 Å². The molecule has 2 aliphatic heterocycles. The first-order valence-corrected chi connectivity index (χ1v) is 14.2. The van der Waals surface area contributed by atoms with E-state index < -0.39 is 0 Å². The summed E-state index contributed by atoms with van der Waals surface area (Å²) < 4.78 is 15.5. The molecule has 3 aromatic rings. The number of pyridine rings is 1. The van der Waals surface area contributed by atoms with Crippen LogP contribution >= 0.6 is 24.0 Å². The van der Waals surface area contributed by atoms with Crippen LogP contribution in [0.2, 0.25) is 0 Å². The minimum absolute atomic E-state index is 0.118. The molecule has 1 aromatic carbocycles. The maximum atomic E-state index is 13.8. The smallest absolute Gasteiger partial charge is 0.267 e. The Morgan fingerprint density at radius 1 is 1.00 bits per heavy atom. The van der Waals surface area contributed by atoms with E-state index in [9.17, 15) is 14.0 Å². The molecule has 3 fully saturated rings. The van der Waals surface area contributed by atoms with E-state index in [4.69, 9.17) is 17.2 Å². The molecule has 38 heavy (non-hydrogen) atoms. The van der Waals surface area contributed by atoms with Gasteiger partial charge >= 0.3 is 0 Å². The Balaban J connectivity index is 1.36. The van der Waals surface area contributed by atoms with Crippen molar-refractivity contribution in [1.82, 2.24) is 14.3 Å². The maximum Gasteiger partial charge on any atom is 0.267 e. The molecule has 0 bridgehead atoms. The van der Waals surface area contributed by atoms with Gasteiger partial charge in [-0.25, -0.2) is 9.37 Å². The largest absolute Gasteiger partial charge is 0.368 e. The first-order chi connectivity index (χ1) is 18.4. The van der Waals surface area contributed by atoms with Crippen LogP contribution in [0.4, 0.5) is 15.9 Å². The number of nitrogens with zero attached hydrogens (tertiary/aromatic N) is 5.